The number of carbonyl (C=O) groups excluding carboxylic acids is 1. The second-order valence-corrected chi connectivity index (χ2v) is 3.84. The van der Waals surface area contributed by atoms with Crippen LogP contribution in [0.1, 0.15) is 28.9 Å². The molecule has 1 N–H and O–H groups in total. The third-order valence-electron chi connectivity index (χ3n) is 2.59. The first-order valence-electron chi connectivity index (χ1n) is 5.53. The topological polar surface area (TPSA) is 42.0 Å². The number of carbonyl (C=O) groups is 1. The number of nitrogens with zero attached hydrogens (tertiary/aromatic N) is 1. The van der Waals surface area contributed by atoms with Crippen molar-refractivity contribution in [3.8, 4) is 0 Å². The number of pyridine rings is 1. The molecule has 2 aromatic rings. The number of hydrogen-bond donors (Lipinski definition) is 1. The summed E-state index contributed by atoms with van der Waals surface area (Å²) in [7, 11) is 0. The van der Waals surface area contributed by atoms with Crippen molar-refractivity contribution in [3.63, 3.8) is 0 Å². The number of benzene rings is 1. The average Bonchev–Trinajstić information content (AvgIpc) is 2.40. The summed E-state index contributed by atoms with van der Waals surface area (Å²) in [5.41, 5.74) is 1.72. The number of hydrogen-bond acceptors (Lipinski definition) is 2. The zero-order chi connectivity index (χ0) is 12.1. The lowest BCUT2D eigenvalue weighted by Gasteiger charge is -2.13. The standard InChI is InChI=1S/C14H14N2O/c1-11(12-7-9-15-10-8-12)16-14(17)13-5-3-2-4-6-13/h2-11H,1H3,(H,16,17). The Balaban J connectivity index is 2.05. The monoisotopic (exact) mass is 226 g/mol. The van der Waals surface area contributed by atoms with Gasteiger partial charge in [0.25, 0.3) is 5.91 Å². The first-order chi connectivity index (χ1) is 8.27. The summed E-state index contributed by atoms with van der Waals surface area (Å²) >= 11 is 0. The lowest BCUT2D eigenvalue weighted by molar-refractivity contribution is 0.0940. The summed E-state index contributed by atoms with van der Waals surface area (Å²) in [6.07, 6.45) is 3.45. The Hall–Kier alpha value is -2.16. The van der Waals surface area contributed by atoms with Gasteiger partial charge in [0.1, 0.15) is 0 Å². The predicted octanol–water partition coefficient (Wildman–Crippen LogP) is 2.57. The van der Waals surface area contributed by atoms with Crippen molar-refractivity contribution in [1.82, 2.24) is 10.3 Å². The van der Waals surface area contributed by atoms with Crippen LogP contribution < -0.4 is 5.32 Å². The largest absolute Gasteiger partial charge is 0.346 e. The van der Waals surface area contributed by atoms with Gasteiger partial charge in [-0.25, -0.2) is 0 Å². The van der Waals surface area contributed by atoms with Crippen molar-refractivity contribution in [1.29, 1.82) is 0 Å². The van der Waals surface area contributed by atoms with E-state index in [4.69, 9.17) is 0 Å². The van der Waals surface area contributed by atoms with Gasteiger partial charge in [0.2, 0.25) is 0 Å². The van der Waals surface area contributed by atoms with E-state index in [1.807, 2.05) is 37.3 Å². The fourth-order valence-electron chi connectivity index (χ4n) is 1.60. The van der Waals surface area contributed by atoms with Gasteiger partial charge < -0.3 is 5.32 Å². The maximum Gasteiger partial charge on any atom is 0.251 e. The number of aromatic nitrogens is 1. The summed E-state index contributed by atoms with van der Waals surface area (Å²) in [5.74, 6) is -0.0603. The Kier molecular flexibility index (Phi) is 3.50. The Labute approximate surface area is 101 Å². The van der Waals surface area contributed by atoms with E-state index in [9.17, 15) is 4.79 Å². The van der Waals surface area contributed by atoms with Gasteiger partial charge in [-0.05, 0) is 36.8 Å². The Morgan fingerprint density at radius 2 is 1.76 bits per heavy atom. The molecule has 1 atom stereocenters. The highest BCUT2D eigenvalue weighted by molar-refractivity contribution is 5.94. The van der Waals surface area contributed by atoms with Crippen LogP contribution in [0.15, 0.2) is 54.9 Å². The molecule has 1 amide bonds. The van der Waals surface area contributed by atoms with E-state index >= 15 is 0 Å². The van der Waals surface area contributed by atoms with E-state index in [1.165, 1.54) is 0 Å². The quantitative estimate of drug-likeness (QED) is 0.874. The van der Waals surface area contributed by atoms with Crippen LogP contribution in [-0.4, -0.2) is 10.9 Å². The summed E-state index contributed by atoms with van der Waals surface area (Å²) < 4.78 is 0. The highest BCUT2D eigenvalue weighted by Gasteiger charge is 2.10. The highest BCUT2D eigenvalue weighted by atomic mass is 16.1. The van der Waals surface area contributed by atoms with Gasteiger partial charge >= 0.3 is 0 Å². The molecule has 0 aliphatic heterocycles. The fourth-order valence-corrected chi connectivity index (χ4v) is 1.60. The first kappa shape index (κ1) is 11.3. The van der Waals surface area contributed by atoms with Crippen LogP contribution in [0, 0.1) is 0 Å². The summed E-state index contributed by atoms with van der Waals surface area (Å²) in [4.78, 5) is 15.9. The van der Waals surface area contributed by atoms with Crippen LogP contribution in [-0.2, 0) is 0 Å². The van der Waals surface area contributed by atoms with E-state index in [0.717, 1.165) is 5.56 Å². The van der Waals surface area contributed by atoms with Crippen LogP contribution in [0.25, 0.3) is 0 Å². The molecule has 1 aromatic heterocycles. The van der Waals surface area contributed by atoms with Crippen LogP contribution >= 0.6 is 0 Å². The van der Waals surface area contributed by atoms with Crippen molar-refractivity contribution in [3.05, 3.63) is 66.0 Å². The van der Waals surface area contributed by atoms with Crippen LogP contribution in [0.2, 0.25) is 0 Å². The second-order valence-electron chi connectivity index (χ2n) is 3.84. The molecule has 0 radical (unpaired) electrons. The van der Waals surface area contributed by atoms with E-state index < -0.39 is 0 Å². The Morgan fingerprint density at radius 3 is 2.41 bits per heavy atom. The smallest absolute Gasteiger partial charge is 0.251 e. The molecule has 0 aliphatic carbocycles. The fraction of sp³-hybridized carbons (Fsp3) is 0.143. The normalized spacial score (nSPS) is 11.8. The SMILES string of the molecule is CC(NC(=O)c1ccccc1)c1ccncc1. The average molecular weight is 226 g/mol. The van der Waals surface area contributed by atoms with Crippen LogP contribution in [0.4, 0.5) is 0 Å². The zero-order valence-corrected chi connectivity index (χ0v) is 9.63. The molecule has 0 spiro atoms. The maximum atomic E-state index is 11.9. The molecule has 1 unspecified atom stereocenters. The van der Waals surface area contributed by atoms with Gasteiger partial charge in [0.05, 0.1) is 6.04 Å². The predicted molar refractivity (Wildman–Crippen MR) is 66.6 cm³/mol. The third-order valence-corrected chi connectivity index (χ3v) is 2.59. The molecule has 3 nitrogen and oxygen atoms in total. The number of nitrogens with one attached hydrogen (secondary N) is 1. The van der Waals surface area contributed by atoms with Crippen molar-refractivity contribution < 1.29 is 4.79 Å². The molecule has 3 heteroatoms. The van der Waals surface area contributed by atoms with Crippen LogP contribution in [0.3, 0.4) is 0 Å². The lowest BCUT2D eigenvalue weighted by atomic mass is 10.1. The Bertz CT molecular complexity index is 482. The van der Waals surface area contributed by atoms with Crippen molar-refractivity contribution in [2.75, 3.05) is 0 Å². The van der Waals surface area contributed by atoms with E-state index in [0.29, 0.717) is 5.56 Å². The Morgan fingerprint density at radius 1 is 1.12 bits per heavy atom. The molecular formula is C14H14N2O. The maximum absolute atomic E-state index is 11.9. The molecule has 2 rings (SSSR count). The minimum absolute atomic E-state index is 0.0225. The molecule has 0 saturated heterocycles. The minimum atomic E-state index is -0.0603. The minimum Gasteiger partial charge on any atom is -0.346 e. The van der Waals surface area contributed by atoms with Gasteiger partial charge in [-0.3, -0.25) is 9.78 Å². The van der Waals surface area contributed by atoms with Gasteiger partial charge in [-0.2, -0.15) is 0 Å². The van der Waals surface area contributed by atoms with Gasteiger partial charge in [0.15, 0.2) is 0 Å². The molecular weight excluding hydrogens is 212 g/mol. The molecule has 86 valence electrons. The molecule has 0 fully saturated rings. The van der Waals surface area contributed by atoms with Gasteiger partial charge in [-0.15, -0.1) is 0 Å². The molecule has 1 heterocycles. The number of rotatable bonds is 3. The summed E-state index contributed by atoms with van der Waals surface area (Å²) in [6, 6.07) is 13.0. The first-order valence-corrected chi connectivity index (χ1v) is 5.53. The van der Waals surface area contributed by atoms with E-state index in [1.54, 1.807) is 24.5 Å². The van der Waals surface area contributed by atoms with Crippen molar-refractivity contribution >= 4 is 5.91 Å². The second kappa shape index (κ2) is 5.25. The van der Waals surface area contributed by atoms with Crippen LogP contribution in [0.5, 0.6) is 0 Å². The summed E-state index contributed by atoms with van der Waals surface area (Å²) in [5, 5.41) is 2.95. The van der Waals surface area contributed by atoms with Crippen molar-refractivity contribution in [2.45, 2.75) is 13.0 Å². The zero-order valence-electron chi connectivity index (χ0n) is 9.63. The van der Waals surface area contributed by atoms with Gasteiger partial charge in [-0.1, -0.05) is 18.2 Å². The lowest BCUT2D eigenvalue weighted by Crippen LogP contribution is -2.26. The third kappa shape index (κ3) is 2.91. The molecule has 1 aromatic carbocycles. The van der Waals surface area contributed by atoms with Gasteiger partial charge in [0, 0.05) is 18.0 Å². The van der Waals surface area contributed by atoms with E-state index in [-0.39, 0.29) is 11.9 Å². The molecule has 17 heavy (non-hydrogen) atoms. The molecule has 0 saturated carbocycles. The number of amides is 1. The summed E-state index contributed by atoms with van der Waals surface area (Å²) in [6.45, 7) is 1.95. The molecule has 0 aliphatic rings. The van der Waals surface area contributed by atoms with Crippen molar-refractivity contribution in [2.24, 2.45) is 0 Å². The molecule has 0 bridgehead atoms. The highest BCUT2D eigenvalue weighted by Crippen LogP contribution is 2.11. The van der Waals surface area contributed by atoms with E-state index in [2.05, 4.69) is 10.3 Å².